The van der Waals surface area contributed by atoms with Crippen molar-refractivity contribution in [3.05, 3.63) is 54.4 Å². The first-order valence-corrected chi connectivity index (χ1v) is 10.5. The van der Waals surface area contributed by atoms with Crippen molar-refractivity contribution < 1.29 is 14.3 Å². The Morgan fingerprint density at radius 1 is 1.14 bits per heavy atom. The zero-order valence-electron chi connectivity index (χ0n) is 15.4. The summed E-state index contributed by atoms with van der Waals surface area (Å²) in [4.78, 5) is 19.3. The van der Waals surface area contributed by atoms with Gasteiger partial charge >= 0.3 is 0 Å². The van der Waals surface area contributed by atoms with Gasteiger partial charge in [-0.3, -0.25) is 4.79 Å². The average Bonchev–Trinajstić information content (AvgIpc) is 3.27. The number of nitrogens with zero attached hydrogens (tertiary/aromatic N) is 3. The van der Waals surface area contributed by atoms with Crippen molar-refractivity contribution in [1.82, 2.24) is 14.5 Å². The number of ether oxygens (including phenoxy) is 2. The molecule has 0 saturated carbocycles. The molecular weight excluding hydrogens is 374 g/mol. The molecule has 0 N–H and O–H groups in total. The van der Waals surface area contributed by atoms with Gasteiger partial charge in [-0.05, 0) is 36.2 Å². The third kappa shape index (κ3) is 3.30. The minimum atomic E-state index is 0.148. The van der Waals surface area contributed by atoms with E-state index < -0.39 is 0 Å². The fraction of sp³-hybridized carbons (Fsp3) is 0.333. The van der Waals surface area contributed by atoms with Gasteiger partial charge in [0.1, 0.15) is 6.54 Å². The van der Waals surface area contributed by atoms with Crippen molar-refractivity contribution in [2.24, 2.45) is 0 Å². The predicted octanol–water partition coefficient (Wildman–Crippen LogP) is 3.47. The van der Waals surface area contributed by atoms with Gasteiger partial charge in [0.15, 0.2) is 11.5 Å². The minimum absolute atomic E-state index is 0.148. The third-order valence-corrected chi connectivity index (χ3v) is 6.62. The van der Waals surface area contributed by atoms with Crippen LogP contribution in [0.3, 0.4) is 0 Å². The number of hydrogen-bond donors (Lipinski definition) is 0. The number of aromatic nitrogens is 2. The van der Waals surface area contributed by atoms with E-state index in [1.54, 1.807) is 6.33 Å². The number of carbonyl (C=O) groups is 1. The SMILES string of the molecule is O=C(Cn1cnc2ccccc21)N1CCSC(c2ccc3c(c2)OCO3)CC1. The second kappa shape index (κ2) is 7.39. The summed E-state index contributed by atoms with van der Waals surface area (Å²) in [6, 6.07) is 14.1. The van der Waals surface area contributed by atoms with E-state index in [0.717, 1.165) is 47.8 Å². The monoisotopic (exact) mass is 395 g/mol. The predicted molar refractivity (Wildman–Crippen MR) is 109 cm³/mol. The number of thioether (sulfide) groups is 1. The summed E-state index contributed by atoms with van der Waals surface area (Å²) < 4.78 is 12.9. The van der Waals surface area contributed by atoms with E-state index in [0.29, 0.717) is 18.6 Å². The molecule has 1 fully saturated rings. The number of rotatable bonds is 3. The quantitative estimate of drug-likeness (QED) is 0.680. The van der Waals surface area contributed by atoms with Crippen LogP contribution >= 0.6 is 11.8 Å². The van der Waals surface area contributed by atoms with Gasteiger partial charge in [0.2, 0.25) is 12.7 Å². The van der Waals surface area contributed by atoms with E-state index in [4.69, 9.17) is 9.47 Å². The van der Waals surface area contributed by atoms with Gasteiger partial charge in [-0.15, -0.1) is 0 Å². The van der Waals surface area contributed by atoms with Crippen LogP contribution < -0.4 is 9.47 Å². The molecule has 0 aliphatic carbocycles. The first-order valence-electron chi connectivity index (χ1n) is 9.47. The summed E-state index contributed by atoms with van der Waals surface area (Å²) in [5.41, 5.74) is 3.16. The highest BCUT2D eigenvalue weighted by Gasteiger charge is 2.24. The number of carbonyl (C=O) groups excluding carboxylic acids is 1. The first-order chi connectivity index (χ1) is 13.8. The van der Waals surface area contributed by atoms with Gasteiger partial charge in [0, 0.05) is 24.1 Å². The lowest BCUT2D eigenvalue weighted by atomic mass is 10.1. The van der Waals surface area contributed by atoms with Crippen LogP contribution in [0.15, 0.2) is 48.8 Å². The lowest BCUT2D eigenvalue weighted by Gasteiger charge is -2.21. The molecule has 1 unspecified atom stereocenters. The molecule has 1 aromatic heterocycles. The van der Waals surface area contributed by atoms with Crippen molar-refractivity contribution in [2.45, 2.75) is 18.2 Å². The highest BCUT2D eigenvalue weighted by atomic mass is 32.2. The van der Waals surface area contributed by atoms with Crippen LogP contribution in [0.4, 0.5) is 0 Å². The fourth-order valence-electron chi connectivity index (χ4n) is 3.78. The molecule has 2 aliphatic rings. The number of benzene rings is 2. The Labute approximate surface area is 167 Å². The zero-order valence-corrected chi connectivity index (χ0v) is 16.2. The van der Waals surface area contributed by atoms with E-state index >= 15 is 0 Å². The summed E-state index contributed by atoms with van der Waals surface area (Å²) in [5.74, 6) is 2.71. The molecule has 2 aromatic carbocycles. The van der Waals surface area contributed by atoms with Crippen molar-refractivity contribution in [3.8, 4) is 11.5 Å². The third-order valence-electron chi connectivity index (χ3n) is 5.30. The van der Waals surface area contributed by atoms with Gasteiger partial charge in [-0.25, -0.2) is 4.98 Å². The molecular formula is C21H21N3O3S. The summed E-state index contributed by atoms with van der Waals surface area (Å²) in [6.07, 6.45) is 2.69. The van der Waals surface area contributed by atoms with E-state index in [1.165, 1.54) is 5.56 Å². The van der Waals surface area contributed by atoms with Crippen LogP contribution in [0.2, 0.25) is 0 Å². The van der Waals surface area contributed by atoms with Crippen LogP contribution in [0.1, 0.15) is 17.2 Å². The lowest BCUT2D eigenvalue weighted by molar-refractivity contribution is -0.131. The van der Waals surface area contributed by atoms with E-state index in [1.807, 2.05) is 51.6 Å². The van der Waals surface area contributed by atoms with Crippen molar-refractivity contribution in [3.63, 3.8) is 0 Å². The first kappa shape index (κ1) is 17.4. The molecule has 0 radical (unpaired) electrons. The van der Waals surface area contributed by atoms with E-state index in [-0.39, 0.29) is 5.91 Å². The maximum absolute atomic E-state index is 12.9. The number of hydrogen-bond acceptors (Lipinski definition) is 5. The van der Waals surface area contributed by atoms with Crippen molar-refractivity contribution >= 4 is 28.7 Å². The number of para-hydroxylation sites is 2. The summed E-state index contributed by atoms with van der Waals surface area (Å²) >= 11 is 1.90. The van der Waals surface area contributed by atoms with Crippen LogP contribution in [-0.2, 0) is 11.3 Å². The molecule has 1 saturated heterocycles. The molecule has 7 heteroatoms. The smallest absolute Gasteiger partial charge is 0.242 e. The Kier molecular flexibility index (Phi) is 4.60. The Balaban J connectivity index is 1.26. The largest absolute Gasteiger partial charge is 0.454 e. The molecule has 28 heavy (non-hydrogen) atoms. The van der Waals surface area contributed by atoms with Gasteiger partial charge in [-0.1, -0.05) is 18.2 Å². The molecule has 6 nitrogen and oxygen atoms in total. The van der Waals surface area contributed by atoms with Crippen LogP contribution in [-0.4, -0.2) is 46.0 Å². The zero-order chi connectivity index (χ0) is 18.9. The summed E-state index contributed by atoms with van der Waals surface area (Å²) in [6.45, 7) is 2.16. The molecule has 1 amide bonds. The Hall–Kier alpha value is -2.67. The molecule has 5 rings (SSSR count). The number of fused-ring (bicyclic) bond motifs is 2. The summed E-state index contributed by atoms with van der Waals surface area (Å²) in [7, 11) is 0. The number of amides is 1. The molecule has 0 spiro atoms. The topological polar surface area (TPSA) is 56.6 Å². The van der Waals surface area contributed by atoms with Crippen molar-refractivity contribution in [2.75, 3.05) is 25.6 Å². The molecule has 3 aromatic rings. The second-order valence-corrected chi connectivity index (χ2v) is 8.31. The van der Waals surface area contributed by atoms with E-state index in [2.05, 4.69) is 17.1 Å². The Morgan fingerprint density at radius 3 is 3.00 bits per heavy atom. The molecule has 144 valence electrons. The Morgan fingerprint density at radius 2 is 2.04 bits per heavy atom. The van der Waals surface area contributed by atoms with Crippen LogP contribution in [0.5, 0.6) is 11.5 Å². The highest BCUT2D eigenvalue weighted by Crippen LogP contribution is 2.40. The van der Waals surface area contributed by atoms with Crippen LogP contribution in [0.25, 0.3) is 11.0 Å². The molecule has 3 heterocycles. The molecule has 1 atom stereocenters. The second-order valence-electron chi connectivity index (χ2n) is 7.00. The normalized spacial score (nSPS) is 19.0. The fourth-order valence-corrected chi connectivity index (χ4v) is 5.00. The van der Waals surface area contributed by atoms with E-state index in [9.17, 15) is 4.79 Å². The maximum Gasteiger partial charge on any atom is 0.242 e. The van der Waals surface area contributed by atoms with Gasteiger partial charge < -0.3 is 18.9 Å². The summed E-state index contributed by atoms with van der Waals surface area (Å²) in [5, 5.41) is 0.362. The maximum atomic E-state index is 12.9. The van der Waals surface area contributed by atoms with Gasteiger partial charge in [0.05, 0.1) is 17.4 Å². The Bertz CT molecular complexity index is 1020. The van der Waals surface area contributed by atoms with Gasteiger partial charge in [-0.2, -0.15) is 11.8 Å². The minimum Gasteiger partial charge on any atom is -0.454 e. The van der Waals surface area contributed by atoms with Gasteiger partial charge in [0.25, 0.3) is 0 Å². The van der Waals surface area contributed by atoms with Crippen molar-refractivity contribution in [1.29, 1.82) is 0 Å². The number of imidazole rings is 1. The average molecular weight is 395 g/mol. The molecule has 2 aliphatic heterocycles. The molecule has 0 bridgehead atoms. The standard InChI is InChI=1S/C21H21N3O3S/c25-21(12-24-13-22-16-3-1-2-4-17(16)24)23-8-7-20(28-10-9-23)15-5-6-18-19(11-15)27-14-26-18/h1-6,11,13,20H,7-10,12,14H2. The lowest BCUT2D eigenvalue weighted by Crippen LogP contribution is -2.35. The highest BCUT2D eigenvalue weighted by molar-refractivity contribution is 7.99. The van der Waals surface area contributed by atoms with Crippen LogP contribution in [0, 0.1) is 0 Å².